The van der Waals surface area contributed by atoms with Crippen LogP contribution in [-0.4, -0.2) is 25.0 Å². The van der Waals surface area contributed by atoms with E-state index in [1.807, 2.05) is 0 Å². The lowest BCUT2D eigenvalue weighted by Gasteiger charge is -2.32. The molecule has 0 radical (unpaired) electrons. The van der Waals surface area contributed by atoms with Gasteiger partial charge in [-0.15, -0.1) is 24.0 Å². The molecule has 0 aliphatic heterocycles. The molecule has 0 spiro atoms. The maximum atomic E-state index is 2.26. The van der Waals surface area contributed by atoms with Crippen molar-refractivity contribution in [2.24, 2.45) is 5.41 Å². The molecular formula is C8H20IN. The average Bonchev–Trinajstić information content (AvgIpc) is 1.62. The van der Waals surface area contributed by atoms with Crippen LogP contribution in [0.5, 0.6) is 0 Å². The van der Waals surface area contributed by atoms with Crippen LogP contribution in [0.25, 0.3) is 0 Å². The predicted molar refractivity (Wildman–Crippen MR) is 58.0 cm³/mol. The largest absolute Gasteiger partial charge is 0.306 e. The lowest BCUT2D eigenvalue weighted by Crippen LogP contribution is -2.36. The maximum absolute atomic E-state index is 2.26. The third-order valence-corrected chi connectivity index (χ3v) is 2.03. The molecule has 10 heavy (non-hydrogen) atoms. The molecule has 0 saturated heterocycles. The lowest BCUT2D eigenvalue weighted by molar-refractivity contribution is 0.169. The lowest BCUT2D eigenvalue weighted by atomic mass is 9.87. The smallest absolute Gasteiger partial charge is 0.0109 e. The van der Waals surface area contributed by atoms with Gasteiger partial charge in [0.15, 0.2) is 0 Å². The molecule has 0 aliphatic rings. The molecule has 0 amide bonds. The fourth-order valence-electron chi connectivity index (χ4n) is 0.775. The summed E-state index contributed by atoms with van der Waals surface area (Å²) in [5.41, 5.74) is 0.406. The van der Waals surface area contributed by atoms with E-state index in [0.29, 0.717) is 11.5 Å². The van der Waals surface area contributed by atoms with Gasteiger partial charge < -0.3 is 4.90 Å². The average molecular weight is 257 g/mol. The predicted octanol–water partition coefficient (Wildman–Crippen LogP) is 2.60. The fourth-order valence-corrected chi connectivity index (χ4v) is 0.775. The molecule has 1 unspecified atom stereocenters. The molecule has 1 atom stereocenters. The second kappa shape index (κ2) is 4.54. The molecule has 0 N–H and O–H groups in total. The molecule has 0 aromatic rings. The molecule has 0 fully saturated rings. The molecular weight excluding hydrogens is 237 g/mol. The SMILES string of the molecule is CC(N(C)C)C(C)(C)C.I. The highest BCUT2D eigenvalue weighted by molar-refractivity contribution is 14.0. The van der Waals surface area contributed by atoms with Crippen LogP contribution >= 0.6 is 24.0 Å². The van der Waals surface area contributed by atoms with Crippen LogP contribution in [0.3, 0.4) is 0 Å². The Kier molecular flexibility index (Phi) is 6.04. The summed E-state index contributed by atoms with van der Waals surface area (Å²) in [5.74, 6) is 0. The summed E-state index contributed by atoms with van der Waals surface area (Å²) in [6.45, 7) is 9.03. The van der Waals surface area contributed by atoms with E-state index < -0.39 is 0 Å². The van der Waals surface area contributed by atoms with Crippen molar-refractivity contribution in [2.45, 2.75) is 33.7 Å². The van der Waals surface area contributed by atoms with E-state index in [9.17, 15) is 0 Å². The minimum absolute atomic E-state index is 0. The van der Waals surface area contributed by atoms with E-state index in [1.165, 1.54) is 0 Å². The number of nitrogens with zero attached hydrogens (tertiary/aromatic N) is 1. The van der Waals surface area contributed by atoms with Crippen molar-refractivity contribution >= 4 is 24.0 Å². The van der Waals surface area contributed by atoms with Gasteiger partial charge in [0.1, 0.15) is 0 Å². The van der Waals surface area contributed by atoms with Gasteiger partial charge in [-0.2, -0.15) is 0 Å². The topological polar surface area (TPSA) is 3.24 Å². The Bertz CT molecular complexity index is 83.7. The van der Waals surface area contributed by atoms with Gasteiger partial charge in [0, 0.05) is 6.04 Å². The zero-order valence-corrected chi connectivity index (χ0v) is 10.3. The molecule has 1 nitrogen and oxygen atoms in total. The van der Waals surface area contributed by atoms with Crippen molar-refractivity contribution in [3.63, 3.8) is 0 Å². The second-order valence-electron chi connectivity index (χ2n) is 4.01. The zero-order chi connectivity index (χ0) is 7.65. The Morgan fingerprint density at radius 1 is 1.10 bits per heavy atom. The van der Waals surface area contributed by atoms with Gasteiger partial charge in [-0.3, -0.25) is 0 Å². The molecule has 0 heterocycles. The van der Waals surface area contributed by atoms with Gasteiger partial charge in [-0.05, 0) is 26.4 Å². The Hall–Kier alpha value is 0.690. The van der Waals surface area contributed by atoms with Gasteiger partial charge in [0.25, 0.3) is 0 Å². The van der Waals surface area contributed by atoms with E-state index >= 15 is 0 Å². The molecule has 0 aromatic carbocycles. The summed E-state index contributed by atoms with van der Waals surface area (Å²) in [7, 11) is 4.24. The highest BCUT2D eigenvalue weighted by atomic mass is 127. The third-order valence-electron chi connectivity index (χ3n) is 2.03. The van der Waals surface area contributed by atoms with Gasteiger partial charge >= 0.3 is 0 Å². The fraction of sp³-hybridized carbons (Fsp3) is 1.00. The van der Waals surface area contributed by atoms with Crippen molar-refractivity contribution in [3.05, 3.63) is 0 Å². The first kappa shape index (κ1) is 13.3. The van der Waals surface area contributed by atoms with Gasteiger partial charge in [0.05, 0.1) is 0 Å². The number of rotatable bonds is 1. The molecule has 0 bridgehead atoms. The second-order valence-corrected chi connectivity index (χ2v) is 4.01. The van der Waals surface area contributed by atoms with Crippen molar-refractivity contribution in [3.8, 4) is 0 Å². The Labute approximate surface area is 82.2 Å². The Balaban J connectivity index is 0. The summed E-state index contributed by atoms with van der Waals surface area (Å²) < 4.78 is 0. The van der Waals surface area contributed by atoms with Crippen LogP contribution in [0.15, 0.2) is 0 Å². The van der Waals surface area contributed by atoms with E-state index in [4.69, 9.17) is 0 Å². The summed E-state index contributed by atoms with van der Waals surface area (Å²) >= 11 is 0. The van der Waals surface area contributed by atoms with E-state index in [-0.39, 0.29) is 24.0 Å². The van der Waals surface area contributed by atoms with Gasteiger partial charge in [-0.25, -0.2) is 0 Å². The first-order valence-electron chi connectivity index (χ1n) is 3.52. The normalized spacial score (nSPS) is 14.7. The number of halogens is 1. The highest BCUT2D eigenvalue weighted by Gasteiger charge is 2.20. The molecule has 0 rings (SSSR count). The van der Waals surface area contributed by atoms with Crippen LogP contribution in [0, 0.1) is 5.41 Å². The highest BCUT2D eigenvalue weighted by Crippen LogP contribution is 2.21. The van der Waals surface area contributed by atoms with Crippen LogP contribution in [0.1, 0.15) is 27.7 Å². The minimum Gasteiger partial charge on any atom is -0.306 e. The number of hydrogen-bond acceptors (Lipinski definition) is 1. The first-order valence-corrected chi connectivity index (χ1v) is 3.52. The molecule has 0 aromatic heterocycles. The maximum Gasteiger partial charge on any atom is 0.0109 e. The monoisotopic (exact) mass is 257 g/mol. The minimum atomic E-state index is 0. The molecule has 2 heteroatoms. The quantitative estimate of drug-likeness (QED) is 0.653. The van der Waals surface area contributed by atoms with Crippen molar-refractivity contribution in [1.82, 2.24) is 4.90 Å². The van der Waals surface area contributed by atoms with E-state index in [2.05, 4.69) is 46.7 Å². The van der Waals surface area contributed by atoms with Gasteiger partial charge in [-0.1, -0.05) is 20.8 Å². The van der Waals surface area contributed by atoms with E-state index in [1.54, 1.807) is 0 Å². The summed E-state index contributed by atoms with van der Waals surface area (Å²) in [5, 5.41) is 0. The molecule has 0 aliphatic carbocycles. The van der Waals surface area contributed by atoms with E-state index in [0.717, 1.165) is 0 Å². The van der Waals surface area contributed by atoms with Crippen molar-refractivity contribution in [1.29, 1.82) is 0 Å². The van der Waals surface area contributed by atoms with Crippen LogP contribution in [-0.2, 0) is 0 Å². The van der Waals surface area contributed by atoms with Crippen molar-refractivity contribution < 1.29 is 0 Å². The standard InChI is InChI=1S/C8H19N.HI/c1-7(9(5)6)8(2,3)4;/h7H,1-6H3;1H. The molecule has 64 valence electrons. The summed E-state index contributed by atoms with van der Waals surface area (Å²) in [6.07, 6.45) is 0. The first-order chi connectivity index (χ1) is 3.85. The number of hydrogen-bond donors (Lipinski definition) is 0. The van der Waals surface area contributed by atoms with Crippen LogP contribution in [0.4, 0.5) is 0 Å². The van der Waals surface area contributed by atoms with Crippen molar-refractivity contribution in [2.75, 3.05) is 14.1 Å². The van der Waals surface area contributed by atoms with Crippen LogP contribution in [0.2, 0.25) is 0 Å². The van der Waals surface area contributed by atoms with Gasteiger partial charge in [0.2, 0.25) is 0 Å². The van der Waals surface area contributed by atoms with Crippen LogP contribution < -0.4 is 0 Å². The zero-order valence-electron chi connectivity index (χ0n) is 7.93. The Morgan fingerprint density at radius 3 is 1.40 bits per heavy atom. The summed E-state index contributed by atoms with van der Waals surface area (Å²) in [6, 6.07) is 0.650. The summed E-state index contributed by atoms with van der Waals surface area (Å²) in [4.78, 5) is 2.25. The third kappa shape index (κ3) is 4.50. The Morgan fingerprint density at radius 2 is 1.40 bits per heavy atom. The molecule has 0 saturated carbocycles.